The van der Waals surface area contributed by atoms with E-state index in [0.29, 0.717) is 42.6 Å². The maximum Gasteiger partial charge on any atom is 0.338 e. The monoisotopic (exact) mass is 797 g/mol. The first-order valence-corrected chi connectivity index (χ1v) is 21.6. The van der Waals surface area contributed by atoms with Crippen molar-refractivity contribution in [1.82, 2.24) is 0 Å². The van der Waals surface area contributed by atoms with Crippen LogP contribution in [-0.2, 0) is 4.74 Å². The van der Waals surface area contributed by atoms with Crippen molar-refractivity contribution in [2.45, 2.75) is 160 Å². The summed E-state index contributed by atoms with van der Waals surface area (Å²) in [5.41, 5.74) is 12.5. The van der Waals surface area contributed by atoms with Gasteiger partial charge in [-0.3, -0.25) is 0 Å². The fourth-order valence-corrected chi connectivity index (χ4v) is 6.00. The van der Waals surface area contributed by atoms with Crippen molar-refractivity contribution in [2.75, 3.05) is 26.9 Å². The van der Waals surface area contributed by atoms with Gasteiger partial charge in [0.2, 0.25) is 5.75 Å². The average molecular weight is 797 g/mol. The molecule has 0 N–H and O–H groups in total. The highest BCUT2D eigenvalue weighted by molar-refractivity contribution is 5.91. The number of rotatable bonds is 28. The lowest BCUT2D eigenvalue weighted by atomic mass is 10.1. The number of carbonyl (C=O) groups is 1. The van der Waals surface area contributed by atoms with E-state index in [1.807, 2.05) is 0 Å². The van der Waals surface area contributed by atoms with Crippen LogP contribution in [0.3, 0.4) is 0 Å². The van der Waals surface area contributed by atoms with E-state index < -0.39 is 5.97 Å². The Bertz CT molecular complexity index is 1590. The van der Waals surface area contributed by atoms with Gasteiger partial charge in [-0.1, -0.05) is 86.6 Å². The van der Waals surface area contributed by atoms with Gasteiger partial charge in [0.15, 0.2) is 11.5 Å². The quantitative estimate of drug-likeness (QED) is 0.0624. The number of allylic oxidation sites excluding steroid dienone is 15. The molecule has 322 valence electrons. The largest absolute Gasteiger partial charge is 0.485 e. The van der Waals surface area contributed by atoms with Gasteiger partial charge < -0.3 is 18.9 Å². The van der Waals surface area contributed by atoms with Crippen LogP contribution in [0.2, 0.25) is 0 Å². The third kappa shape index (κ3) is 25.9. The number of ether oxygens (including phenoxy) is 4. The molecule has 0 aliphatic carbocycles. The first kappa shape index (κ1) is 51.8. The Labute approximate surface area is 355 Å². The normalized spacial score (nSPS) is 12.9. The van der Waals surface area contributed by atoms with E-state index in [4.69, 9.17) is 18.9 Å². The summed E-state index contributed by atoms with van der Waals surface area (Å²) in [7, 11) is 1.38. The van der Waals surface area contributed by atoms with Crippen molar-refractivity contribution >= 4 is 5.97 Å². The molecule has 5 heteroatoms. The summed E-state index contributed by atoms with van der Waals surface area (Å²) in [5.74, 6) is 0.923. The molecule has 0 saturated carbocycles. The highest BCUT2D eigenvalue weighted by Crippen LogP contribution is 2.39. The summed E-state index contributed by atoms with van der Waals surface area (Å²) in [6.45, 7) is 27.0. The highest BCUT2D eigenvalue weighted by Gasteiger charge is 2.19. The zero-order valence-electron chi connectivity index (χ0n) is 39.0. The smallest absolute Gasteiger partial charge is 0.338 e. The number of hydrogen-bond donors (Lipinski definition) is 0. The van der Waals surface area contributed by atoms with Gasteiger partial charge in [-0.2, -0.15) is 0 Å². The molecule has 0 amide bonds. The summed E-state index contributed by atoms with van der Waals surface area (Å²) in [4.78, 5) is 12.8. The van der Waals surface area contributed by atoms with E-state index in [-0.39, 0.29) is 0 Å². The van der Waals surface area contributed by atoms with Crippen molar-refractivity contribution in [1.29, 1.82) is 0 Å². The van der Waals surface area contributed by atoms with Crippen LogP contribution >= 0.6 is 0 Å². The minimum atomic E-state index is -0.460. The molecule has 0 heterocycles. The summed E-state index contributed by atoms with van der Waals surface area (Å²) >= 11 is 0. The lowest BCUT2D eigenvalue weighted by Crippen LogP contribution is -2.08. The van der Waals surface area contributed by atoms with E-state index in [2.05, 4.69) is 138 Å². The fraction of sp³-hybridized carbons (Fsp3) is 0.528. The Kier molecular flexibility index (Phi) is 27.5. The van der Waals surface area contributed by atoms with Gasteiger partial charge in [-0.15, -0.1) is 0 Å². The van der Waals surface area contributed by atoms with Gasteiger partial charge in [0.1, 0.15) is 19.8 Å². The van der Waals surface area contributed by atoms with E-state index in [9.17, 15) is 4.79 Å². The van der Waals surface area contributed by atoms with E-state index >= 15 is 0 Å². The van der Waals surface area contributed by atoms with Crippen LogP contribution < -0.4 is 14.2 Å². The molecule has 0 unspecified atom stereocenters. The first-order chi connectivity index (χ1) is 27.6. The van der Waals surface area contributed by atoms with E-state index in [1.54, 1.807) is 12.1 Å². The number of esters is 1. The van der Waals surface area contributed by atoms with Gasteiger partial charge in [0.25, 0.3) is 0 Å². The van der Waals surface area contributed by atoms with Gasteiger partial charge in [0, 0.05) is 0 Å². The molecule has 1 aromatic rings. The van der Waals surface area contributed by atoms with Crippen LogP contribution in [0.15, 0.2) is 117 Å². The van der Waals surface area contributed by atoms with Crippen molar-refractivity contribution in [3.05, 3.63) is 123 Å². The van der Waals surface area contributed by atoms with Crippen LogP contribution in [0.1, 0.15) is 170 Å². The van der Waals surface area contributed by atoms with Crippen LogP contribution in [0, 0.1) is 0 Å². The molecule has 0 spiro atoms. The minimum Gasteiger partial charge on any atom is -0.485 e. The van der Waals surface area contributed by atoms with Gasteiger partial charge >= 0.3 is 5.97 Å². The molecule has 0 aliphatic rings. The SMILES string of the molecule is COC(=O)c1cc(OC/C=C(/C)CC/C=C(\C)CCC=C(C)C)c(OC/C=C(\C)CC/C=C(/C)CCC=C(C)C)c(OC/C=C(\C)CC/C=C(\C)CCC=C(C)C)c1. The van der Waals surface area contributed by atoms with Crippen molar-refractivity contribution < 1.29 is 23.7 Å². The third-order valence-electron chi connectivity index (χ3n) is 9.81. The van der Waals surface area contributed by atoms with E-state index in [0.717, 1.165) is 77.0 Å². The predicted molar refractivity (Wildman–Crippen MR) is 251 cm³/mol. The standard InChI is InChI=1S/C53H80O5/c1-40(2)20-14-23-43(7)26-17-29-46(10)32-35-56-50-38-49(53(54)55-13)39-51(57-36-33-47(11)30-18-27-44(8)24-15-21-41(3)4)52(50)58-37-34-48(12)31-19-28-45(9)25-16-22-42(5)6/h20-22,26-28,32-34,38-39H,14-19,23-25,29-31,35-37H2,1-13H3/b43-26+,44-27+,45-28-,46-32-,47-33+,48-34+. The summed E-state index contributed by atoms with van der Waals surface area (Å²) in [5, 5.41) is 0. The molecule has 0 bridgehead atoms. The van der Waals surface area contributed by atoms with Crippen LogP contribution in [0.25, 0.3) is 0 Å². The number of hydrogen-bond acceptors (Lipinski definition) is 5. The molecule has 5 nitrogen and oxygen atoms in total. The minimum absolute atomic E-state index is 0.337. The summed E-state index contributed by atoms with van der Waals surface area (Å²) < 4.78 is 24.3. The maximum absolute atomic E-state index is 12.8. The Morgan fingerprint density at radius 2 is 0.690 bits per heavy atom. The molecule has 0 atom stereocenters. The molecule has 58 heavy (non-hydrogen) atoms. The molecule has 0 aliphatic heterocycles. The van der Waals surface area contributed by atoms with Crippen LogP contribution in [0.5, 0.6) is 17.2 Å². The number of methoxy groups -OCH3 is 1. The predicted octanol–water partition coefficient (Wildman–Crippen LogP) is 15.9. The summed E-state index contributed by atoms with van der Waals surface area (Å²) in [6.07, 6.45) is 32.6. The van der Waals surface area contributed by atoms with Crippen molar-refractivity contribution in [2.24, 2.45) is 0 Å². The van der Waals surface area contributed by atoms with Gasteiger partial charge in [-0.05, 0) is 190 Å². The Hall–Kier alpha value is -4.25. The lowest BCUT2D eigenvalue weighted by molar-refractivity contribution is 0.0599. The van der Waals surface area contributed by atoms with Gasteiger partial charge in [-0.25, -0.2) is 4.79 Å². The fourth-order valence-electron chi connectivity index (χ4n) is 6.00. The zero-order valence-corrected chi connectivity index (χ0v) is 39.0. The van der Waals surface area contributed by atoms with E-state index in [1.165, 1.54) is 57.3 Å². The third-order valence-corrected chi connectivity index (χ3v) is 9.81. The molecular formula is C53H80O5. The van der Waals surface area contributed by atoms with Crippen molar-refractivity contribution in [3.63, 3.8) is 0 Å². The van der Waals surface area contributed by atoms with Crippen LogP contribution in [-0.4, -0.2) is 32.9 Å². The number of benzene rings is 1. The topological polar surface area (TPSA) is 54.0 Å². The Morgan fingerprint density at radius 3 is 0.983 bits per heavy atom. The first-order valence-electron chi connectivity index (χ1n) is 21.6. The molecule has 0 saturated heterocycles. The Balaban J connectivity index is 3.22. The van der Waals surface area contributed by atoms with Gasteiger partial charge in [0.05, 0.1) is 12.7 Å². The van der Waals surface area contributed by atoms with Crippen molar-refractivity contribution in [3.8, 4) is 17.2 Å². The molecule has 0 fully saturated rings. The number of carbonyl (C=O) groups excluding carboxylic acids is 1. The summed E-state index contributed by atoms with van der Waals surface area (Å²) in [6, 6.07) is 3.39. The second-order valence-electron chi connectivity index (χ2n) is 16.6. The molecule has 0 radical (unpaired) electrons. The second kappa shape index (κ2) is 30.8. The molecule has 1 aromatic carbocycles. The highest BCUT2D eigenvalue weighted by atomic mass is 16.5. The average Bonchev–Trinajstić information content (AvgIpc) is 3.14. The maximum atomic E-state index is 12.8. The Morgan fingerprint density at radius 1 is 0.414 bits per heavy atom. The lowest BCUT2D eigenvalue weighted by Gasteiger charge is -2.17. The molecule has 0 aromatic heterocycles. The molecule has 1 rings (SSSR count). The van der Waals surface area contributed by atoms with Crippen LogP contribution in [0.4, 0.5) is 0 Å². The molecular weight excluding hydrogens is 717 g/mol. The zero-order chi connectivity index (χ0) is 43.3. The second-order valence-corrected chi connectivity index (χ2v) is 16.6.